The fourth-order valence-electron chi connectivity index (χ4n) is 2.69. The molecular weight excluding hydrogens is 320 g/mol. The highest BCUT2D eigenvalue weighted by Crippen LogP contribution is 2.32. The van der Waals surface area contributed by atoms with Crippen molar-refractivity contribution in [2.45, 2.75) is 0 Å². The maximum atomic E-state index is 4.65. The smallest absolute Gasteiger partial charge is 0.0709 e. The van der Waals surface area contributed by atoms with Crippen LogP contribution in [0.1, 0.15) is 11.1 Å². The van der Waals surface area contributed by atoms with Crippen molar-refractivity contribution in [2.24, 2.45) is 9.98 Å². The first-order valence-corrected chi connectivity index (χ1v) is 8.30. The van der Waals surface area contributed by atoms with Crippen LogP contribution in [0, 0.1) is 0 Å². The van der Waals surface area contributed by atoms with Gasteiger partial charge in [0.15, 0.2) is 0 Å². The summed E-state index contributed by atoms with van der Waals surface area (Å²) in [6, 6.07) is 19.9. The van der Waals surface area contributed by atoms with Gasteiger partial charge in [0.2, 0.25) is 0 Å². The van der Waals surface area contributed by atoms with E-state index in [0.717, 1.165) is 33.3 Å². The number of aliphatic imine (C=N–C) groups is 2. The van der Waals surface area contributed by atoms with Crippen LogP contribution in [-0.4, -0.2) is 22.4 Å². The van der Waals surface area contributed by atoms with Crippen LogP contribution in [0.4, 0.5) is 11.4 Å². The summed E-state index contributed by atoms with van der Waals surface area (Å²) in [5.74, 6) is 0. The molecule has 0 saturated carbocycles. The van der Waals surface area contributed by atoms with Crippen LogP contribution >= 0.6 is 0 Å². The summed E-state index contributed by atoms with van der Waals surface area (Å²) in [6.07, 6.45) is 10.7. The summed E-state index contributed by atoms with van der Waals surface area (Å²) < 4.78 is 0. The van der Waals surface area contributed by atoms with Gasteiger partial charge in [0.1, 0.15) is 0 Å². The Labute approximate surface area is 151 Å². The summed E-state index contributed by atoms with van der Waals surface area (Å²) in [6.45, 7) is 0. The lowest BCUT2D eigenvalue weighted by atomic mass is 10.1. The molecule has 0 spiro atoms. The van der Waals surface area contributed by atoms with Crippen LogP contribution in [-0.2, 0) is 0 Å². The van der Waals surface area contributed by atoms with Gasteiger partial charge in [-0.1, -0.05) is 24.3 Å². The first-order chi connectivity index (χ1) is 12.9. The third-order valence-corrected chi connectivity index (χ3v) is 3.99. The molecule has 124 valence electrons. The molecule has 0 aliphatic heterocycles. The van der Waals surface area contributed by atoms with E-state index in [9.17, 15) is 0 Å². The zero-order valence-electron chi connectivity index (χ0n) is 14.0. The highest BCUT2D eigenvalue weighted by molar-refractivity contribution is 6.02. The largest absolute Gasteiger partial charge is 0.265 e. The molecule has 4 aromatic rings. The summed E-state index contributed by atoms with van der Waals surface area (Å²) in [5.41, 5.74) is 3.87. The second-order valence-corrected chi connectivity index (χ2v) is 5.73. The summed E-state index contributed by atoms with van der Waals surface area (Å²) in [4.78, 5) is 17.4. The molecule has 0 atom stereocenters. The van der Waals surface area contributed by atoms with Gasteiger partial charge < -0.3 is 0 Å². The second-order valence-electron chi connectivity index (χ2n) is 5.73. The molecule has 26 heavy (non-hydrogen) atoms. The fourth-order valence-corrected chi connectivity index (χ4v) is 2.69. The van der Waals surface area contributed by atoms with Gasteiger partial charge in [0, 0.05) is 48.0 Å². The van der Waals surface area contributed by atoms with Crippen molar-refractivity contribution >= 4 is 34.6 Å². The molecule has 4 rings (SSSR count). The molecule has 0 bridgehead atoms. The van der Waals surface area contributed by atoms with Gasteiger partial charge in [0.25, 0.3) is 0 Å². The van der Waals surface area contributed by atoms with E-state index in [1.165, 1.54) is 0 Å². The van der Waals surface area contributed by atoms with E-state index >= 15 is 0 Å². The van der Waals surface area contributed by atoms with E-state index in [0.29, 0.717) is 0 Å². The summed E-state index contributed by atoms with van der Waals surface area (Å²) >= 11 is 0. The topological polar surface area (TPSA) is 50.5 Å². The van der Waals surface area contributed by atoms with E-state index in [-0.39, 0.29) is 0 Å². The third kappa shape index (κ3) is 3.54. The molecular formula is C22H16N4. The normalized spacial score (nSPS) is 11.5. The fraction of sp³-hybridized carbons (Fsp3) is 0. The van der Waals surface area contributed by atoms with Crippen molar-refractivity contribution in [3.8, 4) is 0 Å². The Morgan fingerprint density at radius 2 is 0.962 bits per heavy atom. The average molecular weight is 336 g/mol. The van der Waals surface area contributed by atoms with E-state index in [2.05, 4.69) is 32.1 Å². The Bertz CT molecular complexity index is 982. The lowest BCUT2D eigenvalue weighted by molar-refractivity contribution is 1.32. The maximum Gasteiger partial charge on any atom is 0.0709 e. The first kappa shape index (κ1) is 15.8. The molecule has 0 amide bonds. The minimum atomic E-state index is 0.917. The number of aromatic nitrogens is 2. The Kier molecular flexibility index (Phi) is 4.56. The molecule has 0 unspecified atom stereocenters. The van der Waals surface area contributed by atoms with Crippen molar-refractivity contribution in [1.29, 1.82) is 0 Å². The van der Waals surface area contributed by atoms with Gasteiger partial charge in [-0.3, -0.25) is 20.0 Å². The Hall–Kier alpha value is -3.66. The molecule has 0 aliphatic carbocycles. The quantitative estimate of drug-likeness (QED) is 0.485. The van der Waals surface area contributed by atoms with Crippen molar-refractivity contribution in [1.82, 2.24) is 9.97 Å². The van der Waals surface area contributed by atoms with E-state index in [1.54, 1.807) is 24.8 Å². The zero-order chi connectivity index (χ0) is 17.6. The number of nitrogens with zero attached hydrogens (tertiary/aromatic N) is 4. The number of hydrogen-bond donors (Lipinski definition) is 0. The van der Waals surface area contributed by atoms with E-state index < -0.39 is 0 Å². The second kappa shape index (κ2) is 7.49. The zero-order valence-corrected chi connectivity index (χ0v) is 14.0. The highest BCUT2D eigenvalue weighted by Gasteiger charge is 2.03. The lowest BCUT2D eigenvalue weighted by Crippen LogP contribution is -1.82. The van der Waals surface area contributed by atoms with Crippen LogP contribution in [0.25, 0.3) is 10.8 Å². The molecule has 0 radical (unpaired) electrons. The first-order valence-electron chi connectivity index (χ1n) is 8.30. The van der Waals surface area contributed by atoms with Gasteiger partial charge in [0.05, 0.1) is 11.4 Å². The molecule has 2 heterocycles. The predicted octanol–water partition coefficient (Wildman–Crippen LogP) is 5.13. The predicted molar refractivity (Wildman–Crippen MR) is 107 cm³/mol. The molecule has 4 nitrogen and oxygen atoms in total. The third-order valence-electron chi connectivity index (χ3n) is 3.99. The van der Waals surface area contributed by atoms with E-state index in [1.807, 2.05) is 61.0 Å². The Morgan fingerprint density at radius 1 is 0.538 bits per heavy atom. The number of rotatable bonds is 4. The number of pyridine rings is 2. The molecule has 2 aromatic heterocycles. The molecule has 4 heteroatoms. The van der Waals surface area contributed by atoms with Crippen molar-refractivity contribution < 1.29 is 0 Å². The van der Waals surface area contributed by atoms with E-state index in [4.69, 9.17) is 0 Å². The number of hydrogen-bond acceptors (Lipinski definition) is 4. The van der Waals surface area contributed by atoms with Gasteiger partial charge >= 0.3 is 0 Å². The van der Waals surface area contributed by atoms with Gasteiger partial charge in [-0.05, 0) is 47.5 Å². The molecule has 0 N–H and O–H groups in total. The van der Waals surface area contributed by atoms with Crippen LogP contribution in [0.3, 0.4) is 0 Å². The van der Waals surface area contributed by atoms with Gasteiger partial charge in [-0.2, -0.15) is 0 Å². The highest BCUT2D eigenvalue weighted by atomic mass is 14.7. The van der Waals surface area contributed by atoms with Crippen LogP contribution in [0.15, 0.2) is 95.4 Å². The lowest BCUT2D eigenvalue weighted by Gasteiger charge is -2.05. The van der Waals surface area contributed by atoms with Crippen molar-refractivity contribution in [3.63, 3.8) is 0 Å². The molecule has 0 fully saturated rings. The van der Waals surface area contributed by atoms with Crippen LogP contribution in [0.5, 0.6) is 0 Å². The van der Waals surface area contributed by atoms with Crippen LogP contribution < -0.4 is 0 Å². The standard InChI is InChI=1S/C22H16N4/c1-3-19-20(21(5-1)25-15-17-7-11-23-12-8-17)4-2-6-22(19)26-16-18-9-13-24-14-10-18/h1-16H. The minimum absolute atomic E-state index is 0.917. The molecule has 0 saturated heterocycles. The SMILES string of the molecule is C(=Nc1cccc2c(N=Cc3ccncc3)cccc12)c1ccncc1. The minimum Gasteiger partial charge on any atom is -0.265 e. The summed E-state index contributed by atoms with van der Waals surface area (Å²) in [7, 11) is 0. The van der Waals surface area contributed by atoms with Gasteiger partial charge in [-0.15, -0.1) is 0 Å². The Balaban J connectivity index is 1.71. The Morgan fingerprint density at radius 3 is 1.38 bits per heavy atom. The molecule has 0 aliphatic rings. The monoisotopic (exact) mass is 336 g/mol. The average Bonchev–Trinajstić information content (AvgIpc) is 2.72. The van der Waals surface area contributed by atoms with Crippen molar-refractivity contribution in [2.75, 3.05) is 0 Å². The van der Waals surface area contributed by atoms with Crippen LogP contribution in [0.2, 0.25) is 0 Å². The maximum absolute atomic E-state index is 4.65. The van der Waals surface area contributed by atoms with Crippen molar-refractivity contribution in [3.05, 3.63) is 96.6 Å². The van der Waals surface area contributed by atoms with Gasteiger partial charge in [-0.25, -0.2) is 0 Å². The summed E-state index contributed by atoms with van der Waals surface area (Å²) in [5, 5.41) is 2.14. The molecule has 2 aromatic carbocycles. The number of benzene rings is 2. The number of fused-ring (bicyclic) bond motifs is 1.